The Hall–Kier alpha value is -1.00. The van der Waals surface area contributed by atoms with Crippen LogP contribution in [0, 0.1) is 6.92 Å². The van der Waals surface area contributed by atoms with Crippen molar-refractivity contribution in [1.29, 1.82) is 0 Å². The molecule has 0 aliphatic rings. The molecule has 0 heterocycles. The number of methoxy groups -OCH3 is 2. The molecule has 4 heteroatoms. The maximum absolute atomic E-state index is 5.35. The molecule has 0 aromatic heterocycles. The molecule has 0 bridgehead atoms. The molecule has 0 amide bonds. The summed E-state index contributed by atoms with van der Waals surface area (Å²) >= 11 is 7.28. The van der Waals surface area contributed by atoms with Gasteiger partial charge in [-0.2, -0.15) is 0 Å². The summed E-state index contributed by atoms with van der Waals surface area (Å²) in [4.78, 5) is 0.120. The highest BCUT2D eigenvalue weighted by Crippen LogP contribution is 2.37. The minimum absolute atomic E-state index is 0.120. The van der Waals surface area contributed by atoms with Crippen molar-refractivity contribution in [2.45, 2.75) is 11.8 Å². The van der Waals surface area contributed by atoms with Crippen LogP contribution < -0.4 is 9.47 Å². The summed E-state index contributed by atoms with van der Waals surface area (Å²) in [5, 5.41) is 0. The fourth-order valence-corrected chi connectivity index (χ4v) is 2.84. The maximum Gasteiger partial charge on any atom is 0.161 e. The summed E-state index contributed by atoms with van der Waals surface area (Å²) in [6, 6.07) is 12.3. The van der Waals surface area contributed by atoms with Crippen molar-refractivity contribution < 1.29 is 9.47 Å². The zero-order chi connectivity index (χ0) is 14.7. The SMILES string of the molecule is COc1ccc(C(Br)c2ccc(Br)c(C)c2)cc1OC. The van der Waals surface area contributed by atoms with Crippen LogP contribution in [0.25, 0.3) is 0 Å². The van der Waals surface area contributed by atoms with E-state index in [-0.39, 0.29) is 4.83 Å². The van der Waals surface area contributed by atoms with Gasteiger partial charge in [-0.1, -0.05) is 50.1 Å². The first-order chi connectivity index (χ1) is 9.56. The van der Waals surface area contributed by atoms with Crippen LogP contribution in [0.4, 0.5) is 0 Å². The molecule has 1 atom stereocenters. The topological polar surface area (TPSA) is 18.5 Å². The largest absolute Gasteiger partial charge is 0.493 e. The van der Waals surface area contributed by atoms with E-state index in [1.165, 1.54) is 11.1 Å². The molecular weight excluding hydrogens is 384 g/mol. The van der Waals surface area contributed by atoms with Crippen LogP contribution in [0.3, 0.4) is 0 Å². The molecule has 2 aromatic carbocycles. The van der Waals surface area contributed by atoms with Crippen LogP contribution in [0.2, 0.25) is 0 Å². The van der Waals surface area contributed by atoms with Gasteiger partial charge in [0.2, 0.25) is 0 Å². The molecule has 0 N–H and O–H groups in total. The second-order valence-electron chi connectivity index (χ2n) is 4.49. The normalized spacial score (nSPS) is 12.1. The van der Waals surface area contributed by atoms with E-state index in [1.54, 1.807) is 14.2 Å². The predicted molar refractivity (Wildman–Crippen MR) is 89.2 cm³/mol. The number of rotatable bonds is 4. The minimum atomic E-state index is 0.120. The van der Waals surface area contributed by atoms with E-state index < -0.39 is 0 Å². The lowest BCUT2D eigenvalue weighted by Gasteiger charge is -2.15. The minimum Gasteiger partial charge on any atom is -0.493 e. The Bertz CT molecular complexity index is 611. The van der Waals surface area contributed by atoms with Crippen LogP contribution in [0.5, 0.6) is 11.5 Å². The van der Waals surface area contributed by atoms with Crippen molar-refractivity contribution in [2.75, 3.05) is 14.2 Å². The summed E-state index contributed by atoms with van der Waals surface area (Å²) in [5.74, 6) is 1.48. The van der Waals surface area contributed by atoms with E-state index in [0.29, 0.717) is 0 Å². The number of benzene rings is 2. The van der Waals surface area contributed by atoms with Gasteiger partial charge in [0.25, 0.3) is 0 Å². The van der Waals surface area contributed by atoms with Gasteiger partial charge >= 0.3 is 0 Å². The van der Waals surface area contributed by atoms with E-state index >= 15 is 0 Å². The molecule has 20 heavy (non-hydrogen) atoms. The molecule has 0 aliphatic heterocycles. The monoisotopic (exact) mass is 398 g/mol. The summed E-state index contributed by atoms with van der Waals surface area (Å²) < 4.78 is 11.7. The Morgan fingerprint density at radius 3 is 2.10 bits per heavy atom. The Morgan fingerprint density at radius 1 is 0.900 bits per heavy atom. The highest BCUT2D eigenvalue weighted by atomic mass is 79.9. The average Bonchev–Trinajstić information content (AvgIpc) is 2.48. The first-order valence-electron chi connectivity index (χ1n) is 6.19. The van der Waals surface area contributed by atoms with E-state index in [9.17, 15) is 0 Å². The van der Waals surface area contributed by atoms with E-state index in [4.69, 9.17) is 9.47 Å². The highest BCUT2D eigenvalue weighted by Gasteiger charge is 2.14. The molecule has 0 saturated heterocycles. The van der Waals surface area contributed by atoms with Crippen molar-refractivity contribution in [2.24, 2.45) is 0 Å². The third-order valence-corrected chi connectivity index (χ3v) is 5.12. The fraction of sp³-hybridized carbons (Fsp3) is 0.250. The number of aryl methyl sites for hydroxylation is 1. The van der Waals surface area contributed by atoms with Gasteiger partial charge in [0, 0.05) is 4.47 Å². The van der Waals surface area contributed by atoms with Crippen molar-refractivity contribution >= 4 is 31.9 Å². The lowest BCUT2D eigenvalue weighted by Crippen LogP contribution is -1.96. The van der Waals surface area contributed by atoms with Gasteiger partial charge in [-0.15, -0.1) is 0 Å². The number of alkyl halides is 1. The molecule has 1 unspecified atom stereocenters. The van der Waals surface area contributed by atoms with E-state index in [0.717, 1.165) is 21.5 Å². The third-order valence-electron chi connectivity index (χ3n) is 3.17. The van der Waals surface area contributed by atoms with Crippen LogP contribution >= 0.6 is 31.9 Å². The molecule has 2 rings (SSSR count). The van der Waals surface area contributed by atoms with Gasteiger partial charge in [0.1, 0.15) is 0 Å². The van der Waals surface area contributed by atoms with Crippen molar-refractivity contribution in [3.05, 3.63) is 57.6 Å². The quantitative estimate of drug-likeness (QED) is 0.653. The molecule has 0 radical (unpaired) electrons. The first-order valence-corrected chi connectivity index (χ1v) is 7.89. The summed E-state index contributed by atoms with van der Waals surface area (Å²) in [6.45, 7) is 2.09. The van der Waals surface area contributed by atoms with Crippen LogP contribution in [0.1, 0.15) is 21.5 Å². The van der Waals surface area contributed by atoms with Gasteiger partial charge in [-0.25, -0.2) is 0 Å². The average molecular weight is 400 g/mol. The first kappa shape index (κ1) is 15.4. The van der Waals surface area contributed by atoms with E-state index in [1.807, 2.05) is 18.2 Å². The van der Waals surface area contributed by atoms with Crippen LogP contribution in [-0.2, 0) is 0 Å². The van der Waals surface area contributed by atoms with Gasteiger partial charge in [0.15, 0.2) is 11.5 Å². The number of halogens is 2. The molecule has 2 aromatic rings. The van der Waals surface area contributed by atoms with Crippen molar-refractivity contribution in [1.82, 2.24) is 0 Å². The lowest BCUT2D eigenvalue weighted by molar-refractivity contribution is 0.354. The molecule has 0 spiro atoms. The number of hydrogen-bond donors (Lipinski definition) is 0. The van der Waals surface area contributed by atoms with Gasteiger partial charge in [-0.05, 0) is 41.8 Å². The van der Waals surface area contributed by atoms with Gasteiger partial charge < -0.3 is 9.47 Å². The zero-order valence-electron chi connectivity index (χ0n) is 11.6. The molecule has 0 fully saturated rings. The van der Waals surface area contributed by atoms with Crippen LogP contribution in [-0.4, -0.2) is 14.2 Å². The number of hydrogen-bond acceptors (Lipinski definition) is 2. The molecular formula is C16H16Br2O2. The Balaban J connectivity index is 2.37. The standard InChI is InChI=1S/C16H16Br2O2/c1-10-8-11(4-6-13(10)17)16(18)12-5-7-14(19-2)15(9-12)20-3/h4-9,16H,1-3H3. The van der Waals surface area contributed by atoms with Crippen molar-refractivity contribution in [3.63, 3.8) is 0 Å². The highest BCUT2D eigenvalue weighted by molar-refractivity contribution is 9.10. The molecule has 0 saturated carbocycles. The van der Waals surface area contributed by atoms with Gasteiger partial charge in [-0.3, -0.25) is 0 Å². The zero-order valence-corrected chi connectivity index (χ0v) is 14.8. The Morgan fingerprint density at radius 2 is 1.50 bits per heavy atom. The van der Waals surface area contributed by atoms with Crippen molar-refractivity contribution in [3.8, 4) is 11.5 Å². The molecule has 2 nitrogen and oxygen atoms in total. The van der Waals surface area contributed by atoms with E-state index in [2.05, 4.69) is 57.0 Å². The Labute approximate surface area is 136 Å². The lowest BCUT2D eigenvalue weighted by atomic mass is 10.0. The third kappa shape index (κ3) is 3.18. The fourth-order valence-electron chi connectivity index (χ4n) is 2.03. The molecule has 0 aliphatic carbocycles. The summed E-state index contributed by atoms with van der Waals surface area (Å²) in [7, 11) is 3.29. The smallest absolute Gasteiger partial charge is 0.161 e. The predicted octanol–water partition coefficient (Wildman–Crippen LogP) is 5.26. The maximum atomic E-state index is 5.35. The molecule has 106 valence electrons. The Kier molecular flexibility index (Phi) is 5.11. The van der Waals surface area contributed by atoms with Gasteiger partial charge in [0.05, 0.1) is 19.0 Å². The summed E-state index contributed by atoms with van der Waals surface area (Å²) in [5.41, 5.74) is 3.55. The number of ether oxygens (including phenoxy) is 2. The van der Waals surface area contributed by atoms with Crippen LogP contribution in [0.15, 0.2) is 40.9 Å². The summed E-state index contributed by atoms with van der Waals surface area (Å²) in [6.07, 6.45) is 0. The second kappa shape index (κ2) is 6.64. The second-order valence-corrected chi connectivity index (χ2v) is 6.26.